The number of hydrogen-bond donors (Lipinski definition) is 1. The number of nitrogens with zero attached hydrogens (tertiary/aromatic N) is 1. The van der Waals surface area contributed by atoms with Crippen LogP contribution in [-0.2, 0) is 19.4 Å². The van der Waals surface area contributed by atoms with Crippen molar-refractivity contribution in [1.29, 1.82) is 0 Å². The molecule has 1 aliphatic rings. The lowest BCUT2D eigenvalue weighted by Crippen LogP contribution is -2.55. The lowest BCUT2D eigenvalue weighted by molar-refractivity contribution is -0.150. The first-order valence-corrected chi connectivity index (χ1v) is 8.95. The topological polar surface area (TPSA) is 101 Å². The molecule has 0 aliphatic carbocycles. The molecular weight excluding hydrogens is 322 g/mol. The summed E-state index contributed by atoms with van der Waals surface area (Å²) in [5, 5.41) is 9.16. The van der Waals surface area contributed by atoms with E-state index < -0.39 is 33.5 Å². The molecule has 1 atom stereocenters. The maximum atomic E-state index is 12.3. The van der Waals surface area contributed by atoms with E-state index in [4.69, 9.17) is 9.84 Å². The van der Waals surface area contributed by atoms with E-state index in [0.29, 0.717) is 5.75 Å². The molecule has 0 saturated carbocycles. The number of hydrogen-bond acceptors (Lipinski definition) is 5. The average Bonchev–Trinajstić information content (AvgIpc) is 2.45. The molecule has 1 aromatic rings. The Bertz CT molecular complexity index is 707. The summed E-state index contributed by atoms with van der Waals surface area (Å²) in [4.78, 5) is 24.6. The predicted octanol–water partition coefficient (Wildman–Crippen LogP) is 0.392. The van der Waals surface area contributed by atoms with Crippen LogP contribution in [0.25, 0.3) is 0 Å². The number of sulfone groups is 1. The van der Waals surface area contributed by atoms with Crippen molar-refractivity contribution in [3.63, 3.8) is 0 Å². The molecule has 1 fully saturated rings. The van der Waals surface area contributed by atoms with Crippen LogP contribution >= 0.6 is 0 Å². The van der Waals surface area contributed by atoms with E-state index in [2.05, 4.69) is 0 Å². The fraction of sp³-hybridized carbons (Fsp3) is 0.467. The Hall–Kier alpha value is -2.09. The van der Waals surface area contributed by atoms with Gasteiger partial charge in [-0.2, -0.15) is 0 Å². The highest BCUT2D eigenvalue weighted by Gasteiger charge is 2.38. The third-order valence-corrected chi connectivity index (χ3v) is 5.41. The number of carboxylic acid groups (broad SMARTS) is 1. The maximum Gasteiger partial charge on any atom is 0.327 e. The van der Waals surface area contributed by atoms with Gasteiger partial charge in [0.1, 0.15) is 11.8 Å². The summed E-state index contributed by atoms with van der Waals surface area (Å²) in [5.41, 5.74) is 1.74. The number of carbonyl (C=O) groups excluding carboxylic acids is 1. The van der Waals surface area contributed by atoms with Gasteiger partial charge in [0, 0.05) is 6.54 Å². The van der Waals surface area contributed by atoms with Crippen LogP contribution in [0.15, 0.2) is 18.2 Å². The Balaban J connectivity index is 2.09. The molecule has 0 spiro atoms. The van der Waals surface area contributed by atoms with Crippen molar-refractivity contribution < 1.29 is 27.9 Å². The Labute approximate surface area is 134 Å². The first-order valence-electron chi connectivity index (χ1n) is 7.13. The number of ether oxygens (including phenoxy) is 1. The van der Waals surface area contributed by atoms with E-state index in [1.165, 1.54) is 0 Å². The number of carbonyl (C=O) groups is 2. The van der Waals surface area contributed by atoms with Gasteiger partial charge in [-0.15, -0.1) is 0 Å². The summed E-state index contributed by atoms with van der Waals surface area (Å²) >= 11 is 0. The number of para-hydroxylation sites is 1. The molecule has 1 saturated heterocycles. The van der Waals surface area contributed by atoms with E-state index in [-0.39, 0.29) is 18.9 Å². The van der Waals surface area contributed by atoms with Crippen molar-refractivity contribution in [2.45, 2.75) is 19.9 Å². The number of aliphatic carboxylic acids is 1. The Kier molecular flexibility index (Phi) is 4.93. The summed E-state index contributed by atoms with van der Waals surface area (Å²) in [6.07, 6.45) is 0. The number of amides is 1. The lowest BCUT2D eigenvalue weighted by Gasteiger charge is -2.32. The zero-order valence-electron chi connectivity index (χ0n) is 13.0. The summed E-state index contributed by atoms with van der Waals surface area (Å²) < 4.78 is 28.7. The zero-order chi connectivity index (χ0) is 17.2. The van der Waals surface area contributed by atoms with Gasteiger partial charge < -0.3 is 14.7 Å². The van der Waals surface area contributed by atoms with E-state index in [0.717, 1.165) is 16.0 Å². The molecule has 2 rings (SSSR count). The first kappa shape index (κ1) is 17.3. The minimum Gasteiger partial charge on any atom is -0.483 e. The Morgan fingerprint density at radius 3 is 2.48 bits per heavy atom. The fourth-order valence-corrected chi connectivity index (χ4v) is 4.00. The van der Waals surface area contributed by atoms with Gasteiger partial charge >= 0.3 is 5.97 Å². The van der Waals surface area contributed by atoms with Crippen molar-refractivity contribution in [2.75, 3.05) is 24.7 Å². The smallest absolute Gasteiger partial charge is 0.327 e. The van der Waals surface area contributed by atoms with Crippen molar-refractivity contribution in [2.24, 2.45) is 0 Å². The molecule has 0 aromatic heterocycles. The van der Waals surface area contributed by atoms with Crippen LogP contribution in [0, 0.1) is 13.8 Å². The average molecular weight is 341 g/mol. The minimum atomic E-state index is -3.44. The predicted molar refractivity (Wildman–Crippen MR) is 83.2 cm³/mol. The van der Waals surface area contributed by atoms with E-state index in [1.54, 1.807) is 0 Å². The lowest BCUT2D eigenvalue weighted by atomic mass is 10.1. The molecule has 1 amide bonds. The molecule has 8 heteroatoms. The van der Waals surface area contributed by atoms with Gasteiger partial charge in [-0.05, 0) is 25.0 Å². The monoisotopic (exact) mass is 341 g/mol. The summed E-state index contributed by atoms with van der Waals surface area (Å²) in [6.45, 7) is 3.24. The van der Waals surface area contributed by atoms with Crippen LogP contribution in [0.1, 0.15) is 11.1 Å². The van der Waals surface area contributed by atoms with Gasteiger partial charge in [0.2, 0.25) is 0 Å². The molecule has 1 aromatic carbocycles. The van der Waals surface area contributed by atoms with E-state index in [9.17, 15) is 18.0 Å². The molecule has 1 N–H and O–H groups in total. The Morgan fingerprint density at radius 1 is 1.30 bits per heavy atom. The molecule has 0 bridgehead atoms. The summed E-state index contributed by atoms with van der Waals surface area (Å²) in [7, 11) is -3.44. The van der Waals surface area contributed by atoms with Crippen molar-refractivity contribution in [3.05, 3.63) is 29.3 Å². The second-order valence-corrected chi connectivity index (χ2v) is 7.79. The van der Waals surface area contributed by atoms with Crippen LogP contribution in [0.2, 0.25) is 0 Å². The van der Waals surface area contributed by atoms with Gasteiger partial charge in [-0.25, -0.2) is 13.2 Å². The quantitative estimate of drug-likeness (QED) is 0.850. The minimum absolute atomic E-state index is 0.131. The highest BCUT2D eigenvalue weighted by Crippen LogP contribution is 2.22. The molecule has 0 radical (unpaired) electrons. The second kappa shape index (κ2) is 6.57. The van der Waals surface area contributed by atoms with Gasteiger partial charge in [-0.3, -0.25) is 4.79 Å². The van der Waals surface area contributed by atoms with Gasteiger partial charge in [0.15, 0.2) is 16.4 Å². The molecule has 23 heavy (non-hydrogen) atoms. The van der Waals surface area contributed by atoms with Crippen LogP contribution in [0.5, 0.6) is 5.75 Å². The third kappa shape index (κ3) is 4.01. The number of aryl methyl sites for hydroxylation is 2. The normalized spacial score (nSPS) is 20.1. The molecule has 1 heterocycles. The van der Waals surface area contributed by atoms with Crippen LogP contribution < -0.4 is 4.74 Å². The molecular formula is C15H19NO6S. The van der Waals surface area contributed by atoms with E-state index >= 15 is 0 Å². The van der Waals surface area contributed by atoms with Gasteiger partial charge in [0.05, 0.1) is 11.5 Å². The number of rotatable bonds is 4. The first-order chi connectivity index (χ1) is 10.7. The number of carboxylic acids is 1. The maximum absolute atomic E-state index is 12.3. The van der Waals surface area contributed by atoms with Crippen molar-refractivity contribution in [1.82, 2.24) is 4.90 Å². The second-order valence-electron chi connectivity index (χ2n) is 5.57. The standard InChI is InChI=1S/C15H19NO6S/c1-10-4-3-5-11(2)14(10)22-8-13(17)16-6-7-23(20,21)9-12(16)15(18)19/h3-5,12H,6-9H2,1-2H3,(H,18,19). The summed E-state index contributed by atoms with van der Waals surface area (Å²) in [6, 6.07) is 4.21. The summed E-state index contributed by atoms with van der Waals surface area (Å²) in [5.74, 6) is -2.07. The van der Waals surface area contributed by atoms with Crippen LogP contribution in [0.4, 0.5) is 0 Å². The van der Waals surface area contributed by atoms with Gasteiger partial charge in [-0.1, -0.05) is 18.2 Å². The fourth-order valence-electron chi connectivity index (χ4n) is 2.55. The van der Waals surface area contributed by atoms with E-state index in [1.807, 2.05) is 32.0 Å². The highest BCUT2D eigenvalue weighted by molar-refractivity contribution is 7.91. The molecule has 126 valence electrons. The van der Waals surface area contributed by atoms with Gasteiger partial charge in [0.25, 0.3) is 5.91 Å². The molecule has 1 unspecified atom stereocenters. The molecule has 7 nitrogen and oxygen atoms in total. The number of benzene rings is 1. The molecule has 1 aliphatic heterocycles. The highest BCUT2D eigenvalue weighted by atomic mass is 32.2. The Morgan fingerprint density at radius 2 is 1.91 bits per heavy atom. The van der Waals surface area contributed by atoms with Crippen molar-refractivity contribution >= 4 is 21.7 Å². The van der Waals surface area contributed by atoms with Crippen LogP contribution in [-0.4, -0.2) is 61.0 Å². The SMILES string of the molecule is Cc1cccc(C)c1OCC(=O)N1CCS(=O)(=O)CC1C(=O)O. The third-order valence-electron chi connectivity index (χ3n) is 3.79. The largest absolute Gasteiger partial charge is 0.483 e. The van der Waals surface area contributed by atoms with Crippen LogP contribution in [0.3, 0.4) is 0 Å². The zero-order valence-corrected chi connectivity index (χ0v) is 13.8. The van der Waals surface area contributed by atoms with Crippen molar-refractivity contribution in [3.8, 4) is 5.75 Å².